The molecule has 2 heterocycles. The molecular formula is C13H17NO2. The molecule has 1 fully saturated rings. The van der Waals surface area contributed by atoms with Crippen LogP contribution in [0.15, 0.2) is 24.3 Å². The van der Waals surface area contributed by atoms with Crippen molar-refractivity contribution in [2.24, 2.45) is 0 Å². The largest absolute Gasteiger partial charge is 0.493 e. The van der Waals surface area contributed by atoms with Crippen LogP contribution in [0, 0.1) is 0 Å². The Kier molecular flexibility index (Phi) is 2.58. The van der Waals surface area contributed by atoms with Gasteiger partial charge in [0.15, 0.2) is 0 Å². The number of ether oxygens (including phenoxy) is 2. The molecule has 2 aliphatic rings. The number of para-hydroxylation sites is 1. The van der Waals surface area contributed by atoms with E-state index in [4.69, 9.17) is 9.47 Å². The van der Waals surface area contributed by atoms with Crippen LogP contribution in [0.3, 0.4) is 0 Å². The van der Waals surface area contributed by atoms with Crippen molar-refractivity contribution in [3.05, 3.63) is 29.8 Å². The summed E-state index contributed by atoms with van der Waals surface area (Å²) in [6.07, 6.45) is 1.22. The Morgan fingerprint density at radius 3 is 3.06 bits per heavy atom. The van der Waals surface area contributed by atoms with E-state index in [1.54, 1.807) is 0 Å². The zero-order valence-corrected chi connectivity index (χ0v) is 9.56. The van der Waals surface area contributed by atoms with E-state index in [1.165, 1.54) is 5.56 Å². The predicted molar refractivity (Wildman–Crippen MR) is 61.7 cm³/mol. The van der Waals surface area contributed by atoms with Gasteiger partial charge < -0.3 is 9.47 Å². The van der Waals surface area contributed by atoms with Crippen LogP contribution in [0.1, 0.15) is 18.1 Å². The Morgan fingerprint density at radius 1 is 1.25 bits per heavy atom. The van der Waals surface area contributed by atoms with Crippen molar-refractivity contribution in [1.29, 1.82) is 0 Å². The zero-order valence-electron chi connectivity index (χ0n) is 9.56. The Hall–Kier alpha value is -1.06. The quantitative estimate of drug-likeness (QED) is 0.664. The summed E-state index contributed by atoms with van der Waals surface area (Å²) in [6.45, 7) is 2.61. The highest BCUT2D eigenvalue weighted by atomic mass is 16.5. The number of benzene rings is 1. The monoisotopic (exact) mass is 219 g/mol. The molecule has 0 aliphatic carbocycles. The van der Waals surface area contributed by atoms with Gasteiger partial charge in [-0.15, -0.1) is 0 Å². The van der Waals surface area contributed by atoms with Crippen LogP contribution < -0.4 is 4.74 Å². The smallest absolute Gasteiger partial charge is 0.125 e. The Bertz CT molecular complexity index is 380. The van der Waals surface area contributed by atoms with Crippen molar-refractivity contribution in [2.45, 2.75) is 18.6 Å². The lowest BCUT2D eigenvalue weighted by molar-refractivity contribution is -0.0644. The molecule has 86 valence electrons. The normalized spacial score (nSPS) is 29.8. The number of rotatable bonds is 0. The summed E-state index contributed by atoms with van der Waals surface area (Å²) in [5.41, 5.74) is 1.21. The highest BCUT2D eigenvalue weighted by molar-refractivity contribution is 5.37. The van der Waals surface area contributed by atoms with Crippen molar-refractivity contribution < 1.29 is 9.47 Å². The van der Waals surface area contributed by atoms with Gasteiger partial charge in [0.1, 0.15) is 11.9 Å². The summed E-state index contributed by atoms with van der Waals surface area (Å²) in [5.74, 6) is 0.991. The predicted octanol–water partition coefficient (Wildman–Crippen LogP) is 1.84. The van der Waals surface area contributed by atoms with Crippen LogP contribution >= 0.6 is 0 Å². The number of hydrogen-bond acceptors (Lipinski definition) is 3. The molecule has 0 N–H and O–H groups in total. The second-order valence-corrected chi connectivity index (χ2v) is 4.51. The molecule has 0 saturated carbocycles. The first kappa shape index (κ1) is 10.1. The molecule has 1 aromatic carbocycles. The third-order valence-corrected chi connectivity index (χ3v) is 3.55. The SMILES string of the molecule is CN1CCOC2c3ccccc3OCCC21. The van der Waals surface area contributed by atoms with E-state index < -0.39 is 0 Å². The standard InChI is InChI=1S/C13H17NO2/c1-14-7-9-16-13-10-4-2-3-5-12(10)15-8-6-11(13)14/h2-5,11,13H,6-9H2,1H3. The molecule has 1 saturated heterocycles. The molecule has 16 heavy (non-hydrogen) atoms. The van der Waals surface area contributed by atoms with Gasteiger partial charge in [-0.3, -0.25) is 4.90 Å². The third kappa shape index (κ3) is 1.60. The fraction of sp³-hybridized carbons (Fsp3) is 0.538. The van der Waals surface area contributed by atoms with Gasteiger partial charge in [0, 0.05) is 18.2 Å². The van der Waals surface area contributed by atoms with E-state index in [-0.39, 0.29) is 6.10 Å². The molecule has 0 bridgehead atoms. The lowest BCUT2D eigenvalue weighted by Crippen LogP contribution is -2.44. The van der Waals surface area contributed by atoms with Gasteiger partial charge in [0.2, 0.25) is 0 Å². The van der Waals surface area contributed by atoms with Crippen LogP contribution in [-0.4, -0.2) is 37.7 Å². The Labute approximate surface area is 96.0 Å². The van der Waals surface area contributed by atoms with Crippen LogP contribution in [0.25, 0.3) is 0 Å². The lowest BCUT2D eigenvalue weighted by atomic mass is 9.97. The van der Waals surface area contributed by atoms with Crippen molar-refractivity contribution in [2.75, 3.05) is 26.8 Å². The first-order chi connectivity index (χ1) is 7.86. The van der Waals surface area contributed by atoms with Gasteiger partial charge in [0.25, 0.3) is 0 Å². The molecular weight excluding hydrogens is 202 g/mol. The molecule has 0 aromatic heterocycles. The topological polar surface area (TPSA) is 21.7 Å². The maximum absolute atomic E-state index is 5.94. The van der Waals surface area contributed by atoms with Crippen molar-refractivity contribution in [3.8, 4) is 5.75 Å². The van der Waals surface area contributed by atoms with E-state index in [0.717, 1.165) is 31.9 Å². The first-order valence-electron chi connectivity index (χ1n) is 5.90. The maximum atomic E-state index is 5.94. The average molecular weight is 219 g/mol. The minimum absolute atomic E-state index is 0.178. The lowest BCUT2D eigenvalue weighted by Gasteiger charge is -2.38. The first-order valence-corrected chi connectivity index (χ1v) is 5.90. The van der Waals surface area contributed by atoms with Gasteiger partial charge in [-0.1, -0.05) is 18.2 Å². The fourth-order valence-corrected chi connectivity index (χ4v) is 2.64. The van der Waals surface area contributed by atoms with E-state index in [0.29, 0.717) is 6.04 Å². The molecule has 0 radical (unpaired) electrons. The van der Waals surface area contributed by atoms with Crippen molar-refractivity contribution in [3.63, 3.8) is 0 Å². The van der Waals surface area contributed by atoms with Crippen molar-refractivity contribution >= 4 is 0 Å². The Balaban J connectivity index is 2.00. The minimum atomic E-state index is 0.178. The van der Waals surface area contributed by atoms with Gasteiger partial charge in [-0.05, 0) is 19.5 Å². The number of nitrogens with zero attached hydrogens (tertiary/aromatic N) is 1. The van der Waals surface area contributed by atoms with E-state index in [2.05, 4.69) is 24.1 Å². The van der Waals surface area contributed by atoms with Gasteiger partial charge in [-0.2, -0.15) is 0 Å². The summed E-state index contributed by atoms with van der Waals surface area (Å²) < 4.78 is 11.7. The molecule has 0 spiro atoms. The molecule has 2 unspecified atom stereocenters. The van der Waals surface area contributed by atoms with Gasteiger partial charge >= 0.3 is 0 Å². The summed E-state index contributed by atoms with van der Waals surface area (Å²) in [6, 6.07) is 8.69. The van der Waals surface area contributed by atoms with E-state index in [1.807, 2.05) is 12.1 Å². The Morgan fingerprint density at radius 2 is 2.12 bits per heavy atom. The molecule has 2 aliphatic heterocycles. The average Bonchev–Trinajstić information content (AvgIpc) is 2.50. The second kappa shape index (κ2) is 4.07. The van der Waals surface area contributed by atoms with Gasteiger partial charge in [0.05, 0.1) is 13.2 Å². The highest BCUT2D eigenvalue weighted by Crippen LogP contribution is 2.37. The number of morpholine rings is 1. The maximum Gasteiger partial charge on any atom is 0.125 e. The molecule has 3 rings (SSSR count). The molecule has 3 heteroatoms. The second-order valence-electron chi connectivity index (χ2n) is 4.51. The summed E-state index contributed by atoms with van der Waals surface area (Å²) in [5, 5.41) is 0. The molecule has 1 aromatic rings. The summed E-state index contributed by atoms with van der Waals surface area (Å²) in [7, 11) is 2.17. The van der Waals surface area contributed by atoms with Crippen LogP contribution in [0.5, 0.6) is 5.75 Å². The molecule has 2 atom stereocenters. The van der Waals surface area contributed by atoms with Crippen molar-refractivity contribution in [1.82, 2.24) is 4.90 Å². The summed E-state index contributed by atoms with van der Waals surface area (Å²) >= 11 is 0. The highest BCUT2D eigenvalue weighted by Gasteiger charge is 2.34. The number of fused-ring (bicyclic) bond motifs is 3. The van der Waals surface area contributed by atoms with Crippen LogP contribution in [-0.2, 0) is 4.74 Å². The van der Waals surface area contributed by atoms with Gasteiger partial charge in [-0.25, -0.2) is 0 Å². The third-order valence-electron chi connectivity index (χ3n) is 3.55. The zero-order chi connectivity index (χ0) is 11.0. The van der Waals surface area contributed by atoms with Crippen LogP contribution in [0.4, 0.5) is 0 Å². The molecule has 0 amide bonds. The fourth-order valence-electron chi connectivity index (χ4n) is 2.64. The summed E-state index contributed by atoms with van der Waals surface area (Å²) in [4.78, 5) is 2.39. The molecule has 3 nitrogen and oxygen atoms in total. The van der Waals surface area contributed by atoms with Crippen LogP contribution in [0.2, 0.25) is 0 Å². The van der Waals surface area contributed by atoms with E-state index in [9.17, 15) is 0 Å². The number of likely N-dealkylation sites (N-methyl/N-ethyl adjacent to an activating group) is 1. The van der Waals surface area contributed by atoms with E-state index >= 15 is 0 Å². The minimum Gasteiger partial charge on any atom is -0.493 e. The number of hydrogen-bond donors (Lipinski definition) is 0.